The first kappa shape index (κ1) is 5.04. The largest absolute Gasteiger partial charge is 0.357 e. The van der Waals surface area contributed by atoms with Gasteiger partial charge >= 0.3 is 0 Å². The zero-order valence-electron chi connectivity index (χ0n) is 5.19. The molecule has 0 spiro atoms. The molecular weight excluding hydrogens is 132 g/mol. The van der Waals surface area contributed by atoms with Crippen molar-refractivity contribution in [3.8, 4) is 0 Å². The highest BCUT2D eigenvalue weighted by atomic mass is 16.6. The van der Waals surface area contributed by atoms with Gasteiger partial charge in [0.2, 0.25) is 0 Å². The Morgan fingerprint density at radius 3 is 2.10 bits per heavy atom. The standard InChI is InChI=1S/C7H6O3/c8-5-6-3(9-6)1-2-4-7(5)10-4/h1-4,6-7H/t3-,4+,6-,7+. The second-order valence-electron chi connectivity index (χ2n) is 2.83. The van der Waals surface area contributed by atoms with Gasteiger partial charge in [-0.1, -0.05) is 12.2 Å². The number of carbonyl (C=O) groups is 1. The van der Waals surface area contributed by atoms with E-state index in [1.165, 1.54) is 0 Å². The average Bonchev–Trinajstić information content (AvgIpc) is 2.76. The fourth-order valence-corrected chi connectivity index (χ4v) is 1.38. The number of ether oxygens (including phenoxy) is 2. The van der Waals surface area contributed by atoms with Gasteiger partial charge in [-0.05, 0) is 0 Å². The molecule has 0 aromatic carbocycles. The normalized spacial score (nSPS) is 55.0. The SMILES string of the molecule is O=C1[C@H]2O[C@H]2C=C[C@H]2O[C@@H]12. The molecule has 0 unspecified atom stereocenters. The molecule has 0 aromatic rings. The smallest absolute Gasteiger partial charge is 0.196 e. The van der Waals surface area contributed by atoms with Crippen LogP contribution in [0.25, 0.3) is 0 Å². The van der Waals surface area contributed by atoms with Crippen LogP contribution in [0.15, 0.2) is 12.2 Å². The van der Waals surface area contributed by atoms with Gasteiger partial charge < -0.3 is 9.47 Å². The first-order chi connectivity index (χ1) is 4.86. The molecule has 52 valence electrons. The summed E-state index contributed by atoms with van der Waals surface area (Å²) >= 11 is 0. The molecule has 0 radical (unpaired) electrons. The number of epoxide rings is 2. The van der Waals surface area contributed by atoms with E-state index in [2.05, 4.69) is 0 Å². The lowest BCUT2D eigenvalue weighted by Gasteiger charge is -1.83. The molecule has 0 aromatic heterocycles. The predicted molar refractivity (Wildman–Crippen MR) is 31.5 cm³/mol. The van der Waals surface area contributed by atoms with Crippen LogP contribution in [0.1, 0.15) is 0 Å². The van der Waals surface area contributed by atoms with Crippen molar-refractivity contribution < 1.29 is 14.3 Å². The van der Waals surface area contributed by atoms with Gasteiger partial charge in [-0.25, -0.2) is 0 Å². The highest BCUT2D eigenvalue weighted by Gasteiger charge is 2.56. The van der Waals surface area contributed by atoms with Gasteiger partial charge in [0.15, 0.2) is 5.78 Å². The van der Waals surface area contributed by atoms with E-state index in [0.29, 0.717) is 0 Å². The maximum atomic E-state index is 11.1. The maximum Gasteiger partial charge on any atom is 0.196 e. The lowest BCUT2D eigenvalue weighted by Crippen LogP contribution is -2.15. The third-order valence-electron chi connectivity index (χ3n) is 2.10. The van der Waals surface area contributed by atoms with Gasteiger partial charge in [-0.3, -0.25) is 4.79 Å². The minimum absolute atomic E-state index is 0.0731. The number of carbonyl (C=O) groups excluding carboxylic acids is 1. The zero-order chi connectivity index (χ0) is 6.72. The van der Waals surface area contributed by atoms with Crippen LogP contribution in [0.4, 0.5) is 0 Å². The molecule has 4 atom stereocenters. The molecule has 3 rings (SSSR count). The van der Waals surface area contributed by atoms with Crippen LogP contribution in [0.3, 0.4) is 0 Å². The summed E-state index contributed by atoms with van der Waals surface area (Å²) in [7, 11) is 0. The Labute approximate surface area is 57.6 Å². The minimum atomic E-state index is -0.172. The van der Waals surface area contributed by atoms with Crippen molar-refractivity contribution in [3.63, 3.8) is 0 Å². The topological polar surface area (TPSA) is 42.1 Å². The quantitative estimate of drug-likeness (QED) is 0.339. The average molecular weight is 138 g/mol. The Hall–Kier alpha value is -0.670. The molecule has 3 nitrogen and oxygen atoms in total. The van der Waals surface area contributed by atoms with Crippen molar-refractivity contribution in [3.05, 3.63) is 12.2 Å². The van der Waals surface area contributed by atoms with Gasteiger partial charge in [0.1, 0.15) is 24.4 Å². The third-order valence-corrected chi connectivity index (χ3v) is 2.10. The number of hydrogen-bond donors (Lipinski definition) is 0. The molecule has 1 aliphatic carbocycles. The van der Waals surface area contributed by atoms with Crippen LogP contribution in [0, 0.1) is 0 Å². The van der Waals surface area contributed by atoms with E-state index in [9.17, 15) is 4.79 Å². The first-order valence-electron chi connectivity index (χ1n) is 3.39. The van der Waals surface area contributed by atoms with Crippen molar-refractivity contribution in [1.29, 1.82) is 0 Å². The van der Waals surface area contributed by atoms with Crippen molar-refractivity contribution in [2.75, 3.05) is 0 Å². The highest BCUT2D eigenvalue weighted by molar-refractivity contribution is 5.93. The van der Waals surface area contributed by atoms with Crippen LogP contribution in [0.5, 0.6) is 0 Å². The van der Waals surface area contributed by atoms with E-state index < -0.39 is 0 Å². The molecule has 10 heavy (non-hydrogen) atoms. The van der Waals surface area contributed by atoms with Crippen LogP contribution in [-0.2, 0) is 14.3 Å². The number of fused-ring (bicyclic) bond motifs is 2. The van der Waals surface area contributed by atoms with E-state index >= 15 is 0 Å². The van der Waals surface area contributed by atoms with Crippen molar-refractivity contribution >= 4 is 5.78 Å². The first-order valence-corrected chi connectivity index (χ1v) is 3.39. The molecule has 3 aliphatic rings. The predicted octanol–water partition coefficient (Wildman–Crippen LogP) is -0.340. The van der Waals surface area contributed by atoms with Crippen molar-refractivity contribution in [2.45, 2.75) is 24.4 Å². The number of Topliss-reactive ketones (excluding diaryl/α,β-unsaturated/α-hetero) is 1. The maximum absolute atomic E-state index is 11.1. The second kappa shape index (κ2) is 1.33. The van der Waals surface area contributed by atoms with Crippen LogP contribution in [0.2, 0.25) is 0 Å². The van der Waals surface area contributed by atoms with Crippen LogP contribution in [-0.4, -0.2) is 30.2 Å². The summed E-state index contributed by atoms with van der Waals surface area (Å²) in [6, 6.07) is 0. The zero-order valence-corrected chi connectivity index (χ0v) is 5.19. The van der Waals surface area contributed by atoms with Crippen LogP contribution < -0.4 is 0 Å². The summed E-state index contributed by atoms with van der Waals surface area (Å²) in [4.78, 5) is 11.1. The van der Waals surface area contributed by atoms with E-state index in [-0.39, 0.29) is 30.2 Å². The van der Waals surface area contributed by atoms with E-state index in [1.807, 2.05) is 12.2 Å². The summed E-state index contributed by atoms with van der Waals surface area (Å²) < 4.78 is 10.1. The summed E-state index contributed by atoms with van der Waals surface area (Å²) in [5.41, 5.74) is 0. The Morgan fingerprint density at radius 2 is 1.60 bits per heavy atom. The molecule has 2 saturated heterocycles. The third kappa shape index (κ3) is 0.496. The van der Waals surface area contributed by atoms with Crippen molar-refractivity contribution in [2.24, 2.45) is 0 Å². The Bertz CT molecular complexity index is 211. The van der Waals surface area contributed by atoms with Crippen molar-refractivity contribution in [1.82, 2.24) is 0 Å². The molecule has 0 bridgehead atoms. The molecule has 0 saturated carbocycles. The fraction of sp³-hybridized carbons (Fsp3) is 0.571. The van der Waals surface area contributed by atoms with E-state index in [4.69, 9.17) is 9.47 Å². The molecule has 2 heterocycles. The van der Waals surface area contributed by atoms with Gasteiger partial charge in [0.25, 0.3) is 0 Å². The summed E-state index contributed by atoms with van der Waals surface area (Å²) in [5.74, 6) is 0.125. The minimum Gasteiger partial charge on any atom is -0.357 e. The lowest BCUT2D eigenvalue weighted by molar-refractivity contribution is -0.121. The number of ketones is 1. The summed E-state index contributed by atoms with van der Waals surface area (Å²) in [5, 5.41) is 0. The molecule has 2 fully saturated rings. The highest BCUT2D eigenvalue weighted by Crippen LogP contribution is 2.37. The second-order valence-corrected chi connectivity index (χ2v) is 2.83. The Kier molecular flexibility index (Phi) is 0.672. The molecule has 0 N–H and O–H groups in total. The molecular formula is C7H6O3. The number of rotatable bonds is 0. The van der Waals surface area contributed by atoms with Gasteiger partial charge in [0.05, 0.1) is 0 Å². The Balaban J connectivity index is 1.97. The summed E-state index contributed by atoms with van der Waals surface area (Å²) in [6.07, 6.45) is 3.63. The molecule has 3 heteroatoms. The summed E-state index contributed by atoms with van der Waals surface area (Å²) in [6.45, 7) is 0. The van der Waals surface area contributed by atoms with Crippen LogP contribution >= 0.6 is 0 Å². The van der Waals surface area contributed by atoms with E-state index in [1.54, 1.807) is 0 Å². The van der Waals surface area contributed by atoms with Gasteiger partial charge in [-0.15, -0.1) is 0 Å². The lowest BCUT2D eigenvalue weighted by atomic mass is 10.2. The Morgan fingerprint density at radius 1 is 1.10 bits per heavy atom. The molecule has 2 aliphatic heterocycles. The monoisotopic (exact) mass is 138 g/mol. The van der Waals surface area contributed by atoms with Gasteiger partial charge in [0, 0.05) is 0 Å². The molecule has 0 amide bonds. The van der Waals surface area contributed by atoms with Gasteiger partial charge in [-0.2, -0.15) is 0 Å². The van der Waals surface area contributed by atoms with E-state index in [0.717, 1.165) is 0 Å². The fourth-order valence-electron chi connectivity index (χ4n) is 1.38. The number of hydrogen-bond acceptors (Lipinski definition) is 3.